The first-order valence-electron chi connectivity index (χ1n) is 6.22. The van der Waals surface area contributed by atoms with Crippen molar-refractivity contribution in [3.63, 3.8) is 0 Å². The molecule has 0 saturated heterocycles. The molecule has 1 aromatic rings. The van der Waals surface area contributed by atoms with Crippen LogP contribution in [0, 0.1) is 0 Å². The smallest absolute Gasteiger partial charge is 0.0212 e. The molecule has 2 N–H and O–H groups in total. The molecular formula is C14H24N2. The maximum absolute atomic E-state index is 5.73. The Labute approximate surface area is 99.5 Å². The number of nitrogens with two attached hydrogens (primary N) is 1. The zero-order valence-corrected chi connectivity index (χ0v) is 10.5. The Morgan fingerprint density at radius 3 is 2.50 bits per heavy atom. The van der Waals surface area contributed by atoms with E-state index in [0.717, 1.165) is 25.9 Å². The van der Waals surface area contributed by atoms with Crippen molar-refractivity contribution in [3.05, 3.63) is 35.9 Å². The lowest BCUT2D eigenvalue weighted by Crippen LogP contribution is -2.38. The third kappa shape index (κ3) is 4.33. The van der Waals surface area contributed by atoms with E-state index in [0.29, 0.717) is 6.04 Å². The SMILES string of the molecule is CCC(CN)N(C)CCCc1ccccc1. The molecule has 0 bridgehead atoms. The summed E-state index contributed by atoms with van der Waals surface area (Å²) < 4.78 is 0. The Kier molecular flexibility index (Phi) is 6.12. The van der Waals surface area contributed by atoms with Crippen LogP contribution in [0.4, 0.5) is 0 Å². The minimum Gasteiger partial charge on any atom is -0.329 e. The van der Waals surface area contributed by atoms with Gasteiger partial charge in [0.05, 0.1) is 0 Å². The molecule has 0 heterocycles. The van der Waals surface area contributed by atoms with E-state index in [4.69, 9.17) is 5.73 Å². The predicted octanol–water partition coefficient (Wildman–Crippen LogP) is 2.29. The summed E-state index contributed by atoms with van der Waals surface area (Å²) in [5, 5.41) is 0. The standard InChI is InChI=1S/C14H24N2/c1-3-14(12-15)16(2)11-7-10-13-8-5-4-6-9-13/h4-6,8-9,14H,3,7,10-12,15H2,1-2H3. The lowest BCUT2D eigenvalue weighted by Gasteiger charge is -2.25. The molecule has 90 valence electrons. The summed E-state index contributed by atoms with van der Waals surface area (Å²) in [5.41, 5.74) is 7.15. The van der Waals surface area contributed by atoms with Crippen LogP contribution in [0.1, 0.15) is 25.3 Å². The molecule has 0 aliphatic rings. The molecule has 16 heavy (non-hydrogen) atoms. The van der Waals surface area contributed by atoms with Crippen LogP contribution in [0.3, 0.4) is 0 Å². The minimum atomic E-state index is 0.538. The Balaban J connectivity index is 2.25. The fraction of sp³-hybridized carbons (Fsp3) is 0.571. The molecular weight excluding hydrogens is 196 g/mol. The Bertz CT molecular complexity index is 267. The molecule has 1 rings (SSSR count). The summed E-state index contributed by atoms with van der Waals surface area (Å²) in [4.78, 5) is 2.38. The number of nitrogens with zero attached hydrogens (tertiary/aromatic N) is 1. The first-order valence-corrected chi connectivity index (χ1v) is 6.22. The fourth-order valence-corrected chi connectivity index (χ4v) is 2.02. The van der Waals surface area contributed by atoms with Crippen molar-refractivity contribution < 1.29 is 0 Å². The molecule has 0 amide bonds. The second-order valence-electron chi connectivity index (χ2n) is 4.37. The number of aryl methyl sites for hydroxylation is 1. The van der Waals surface area contributed by atoms with E-state index >= 15 is 0 Å². The summed E-state index contributed by atoms with van der Waals surface area (Å²) in [7, 11) is 2.17. The maximum atomic E-state index is 5.73. The quantitative estimate of drug-likeness (QED) is 0.764. The van der Waals surface area contributed by atoms with E-state index in [-0.39, 0.29) is 0 Å². The average molecular weight is 220 g/mol. The Morgan fingerprint density at radius 1 is 1.25 bits per heavy atom. The summed E-state index contributed by atoms with van der Waals surface area (Å²) in [5.74, 6) is 0. The van der Waals surface area contributed by atoms with Crippen LogP contribution in [-0.4, -0.2) is 31.1 Å². The van der Waals surface area contributed by atoms with Gasteiger partial charge in [-0.05, 0) is 38.4 Å². The van der Waals surface area contributed by atoms with Gasteiger partial charge in [-0.2, -0.15) is 0 Å². The third-order valence-electron chi connectivity index (χ3n) is 3.19. The van der Waals surface area contributed by atoms with Gasteiger partial charge in [0.2, 0.25) is 0 Å². The molecule has 1 unspecified atom stereocenters. The van der Waals surface area contributed by atoms with E-state index in [9.17, 15) is 0 Å². The van der Waals surface area contributed by atoms with Gasteiger partial charge >= 0.3 is 0 Å². The zero-order valence-electron chi connectivity index (χ0n) is 10.5. The molecule has 0 radical (unpaired) electrons. The highest BCUT2D eigenvalue weighted by molar-refractivity contribution is 5.14. The first kappa shape index (κ1) is 13.2. The number of benzene rings is 1. The van der Waals surface area contributed by atoms with Gasteiger partial charge < -0.3 is 10.6 Å². The Morgan fingerprint density at radius 2 is 1.94 bits per heavy atom. The number of rotatable bonds is 7. The molecule has 0 saturated carbocycles. The van der Waals surface area contributed by atoms with Crippen LogP contribution >= 0.6 is 0 Å². The largest absolute Gasteiger partial charge is 0.329 e. The van der Waals surface area contributed by atoms with Crippen LogP contribution in [0.2, 0.25) is 0 Å². The Hall–Kier alpha value is -0.860. The lowest BCUT2D eigenvalue weighted by atomic mass is 10.1. The summed E-state index contributed by atoms with van der Waals surface area (Å²) in [6.45, 7) is 4.09. The highest BCUT2D eigenvalue weighted by atomic mass is 15.1. The van der Waals surface area contributed by atoms with Crippen LogP contribution < -0.4 is 5.73 Å². The monoisotopic (exact) mass is 220 g/mol. The summed E-state index contributed by atoms with van der Waals surface area (Å²) in [6.07, 6.45) is 3.50. The number of likely N-dealkylation sites (N-methyl/N-ethyl adjacent to an activating group) is 1. The fourth-order valence-electron chi connectivity index (χ4n) is 2.02. The molecule has 0 aromatic heterocycles. The van der Waals surface area contributed by atoms with Crippen LogP contribution in [-0.2, 0) is 6.42 Å². The minimum absolute atomic E-state index is 0.538. The highest BCUT2D eigenvalue weighted by Gasteiger charge is 2.09. The van der Waals surface area contributed by atoms with Crippen molar-refractivity contribution in [2.75, 3.05) is 20.1 Å². The van der Waals surface area contributed by atoms with E-state index in [1.807, 2.05) is 0 Å². The van der Waals surface area contributed by atoms with Crippen molar-refractivity contribution in [2.45, 2.75) is 32.2 Å². The van der Waals surface area contributed by atoms with Gasteiger partial charge in [0, 0.05) is 12.6 Å². The molecule has 1 aromatic carbocycles. The van der Waals surface area contributed by atoms with Gasteiger partial charge in [-0.3, -0.25) is 0 Å². The molecule has 2 nitrogen and oxygen atoms in total. The van der Waals surface area contributed by atoms with Gasteiger partial charge in [-0.25, -0.2) is 0 Å². The number of hydrogen-bond acceptors (Lipinski definition) is 2. The van der Waals surface area contributed by atoms with Crippen LogP contribution in [0.25, 0.3) is 0 Å². The van der Waals surface area contributed by atoms with Gasteiger partial charge in [-0.1, -0.05) is 37.3 Å². The second-order valence-corrected chi connectivity index (χ2v) is 4.37. The third-order valence-corrected chi connectivity index (χ3v) is 3.19. The molecule has 1 atom stereocenters. The molecule has 0 spiro atoms. The average Bonchev–Trinajstić information content (AvgIpc) is 2.32. The molecule has 2 heteroatoms. The maximum Gasteiger partial charge on any atom is 0.0212 e. The first-order chi connectivity index (χ1) is 7.77. The van der Waals surface area contributed by atoms with Crippen LogP contribution in [0.5, 0.6) is 0 Å². The highest BCUT2D eigenvalue weighted by Crippen LogP contribution is 2.05. The van der Waals surface area contributed by atoms with Gasteiger partial charge in [0.25, 0.3) is 0 Å². The van der Waals surface area contributed by atoms with Crippen molar-refractivity contribution >= 4 is 0 Å². The lowest BCUT2D eigenvalue weighted by molar-refractivity contribution is 0.238. The molecule has 0 aliphatic heterocycles. The van der Waals surface area contributed by atoms with Gasteiger partial charge in [0.1, 0.15) is 0 Å². The van der Waals surface area contributed by atoms with Crippen molar-refractivity contribution in [3.8, 4) is 0 Å². The van der Waals surface area contributed by atoms with Crippen molar-refractivity contribution in [2.24, 2.45) is 5.73 Å². The van der Waals surface area contributed by atoms with E-state index in [1.54, 1.807) is 0 Å². The molecule has 0 aliphatic carbocycles. The normalized spacial score (nSPS) is 13.0. The van der Waals surface area contributed by atoms with Gasteiger partial charge in [-0.15, -0.1) is 0 Å². The van der Waals surface area contributed by atoms with Crippen molar-refractivity contribution in [1.29, 1.82) is 0 Å². The van der Waals surface area contributed by atoms with Gasteiger partial charge in [0.15, 0.2) is 0 Å². The zero-order chi connectivity index (χ0) is 11.8. The number of hydrogen-bond donors (Lipinski definition) is 1. The van der Waals surface area contributed by atoms with E-state index < -0.39 is 0 Å². The van der Waals surface area contributed by atoms with Crippen LogP contribution in [0.15, 0.2) is 30.3 Å². The van der Waals surface area contributed by atoms with E-state index in [1.165, 1.54) is 12.0 Å². The molecule has 0 fully saturated rings. The van der Waals surface area contributed by atoms with E-state index in [2.05, 4.69) is 49.2 Å². The second kappa shape index (κ2) is 7.42. The predicted molar refractivity (Wildman–Crippen MR) is 70.5 cm³/mol. The summed E-state index contributed by atoms with van der Waals surface area (Å²) >= 11 is 0. The topological polar surface area (TPSA) is 29.3 Å². The van der Waals surface area contributed by atoms with Crippen molar-refractivity contribution in [1.82, 2.24) is 4.90 Å². The summed E-state index contributed by atoms with van der Waals surface area (Å²) in [6, 6.07) is 11.2.